The van der Waals surface area contributed by atoms with E-state index in [9.17, 15) is 9.59 Å². The fourth-order valence-electron chi connectivity index (χ4n) is 3.79. The number of hydrogen-bond donors (Lipinski definition) is 0. The Hall–Kier alpha value is -2.90. The van der Waals surface area contributed by atoms with Gasteiger partial charge in [0.25, 0.3) is 5.56 Å². The molecule has 0 aliphatic carbocycles. The zero-order valence-corrected chi connectivity index (χ0v) is 17.8. The molecule has 0 radical (unpaired) electrons. The van der Waals surface area contributed by atoms with Gasteiger partial charge in [-0.05, 0) is 48.1 Å². The topological polar surface area (TPSA) is 55.2 Å². The number of carbonyl (C=O) groups excluding carboxylic acids is 1. The first-order valence-electron chi connectivity index (χ1n) is 9.79. The number of rotatable bonds is 4. The maximum Gasteiger partial charge on any atom is 0.276 e. The highest BCUT2D eigenvalue weighted by atomic mass is 32.2. The van der Waals surface area contributed by atoms with Gasteiger partial charge >= 0.3 is 0 Å². The summed E-state index contributed by atoms with van der Waals surface area (Å²) in [5.41, 5.74) is 3.54. The first-order valence-corrected chi connectivity index (χ1v) is 11.7. The molecule has 0 N–H and O–H groups in total. The lowest BCUT2D eigenvalue weighted by Gasteiger charge is -2.29. The summed E-state index contributed by atoms with van der Waals surface area (Å²) in [4.78, 5) is 32.8. The van der Waals surface area contributed by atoms with Gasteiger partial charge in [0.15, 0.2) is 5.16 Å². The largest absolute Gasteiger partial charge is 0.311 e. The van der Waals surface area contributed by atoms with Crippen LogP contribution < -0.4 is 10.5 Å². The number of aromatic nitrogens is 2. The van der Waals surface area contributed by atoms with Crippen molar-refractivity contribution in [2.24, 2.45) is 0 Å². The molecule has 0 saturated carbocycles. The fraction of sp³-hybridized carbons (Fsp3) is 0.174. The van der Waals surface area contributed by atoms with Gasteiger partial charge in [-0.2, -0.15) is 0 Å². The van der Waals surface area contributed by atoms with Gasteiger partial charge in [-0.3, -0.25) is 14.2 Å². The number of amides is 1. The lowest BCUT2D eigenvalue weighted by Crippen LogP contribution is -2.36. The molecule has 7 heteroatoms. The van der Waals surface area contributed by atoms with Crippen molar-refractivity contribution < 1.29 is 4.79 Å². The van der Waals surface area contributed by atoms with E-state index in [1.165, 1.54) is 28.7 Å². The first kappa shape index (κ1) is 19.1. The van der Waals surface area contributed by atoms with Crippen molar-refractivity contribution >= 4 is 44.9 Å². The molecule has 0 spiro atoms. The zero-order valence-electron chi connectivity index (χ0n) is 16.2. The van der Waals surface area contributed by atoms with Crippen molar-refractivity contribution in [1.29, 1.82) is 0 Å². The maximum atomic E-state index is 13.1. The lowest BCUT2D eigenvalue weighted by atomic mass is 10.0. The van der Waals surface area contributed by atoms with Crippen LogP contribution >= 0.6 is 23.1 Å². The first-order chi connectivity index (χ1) is 14.7. The van der Waals surface area contributed by atoms with E-state index in [4.69, 9.17) is 4.98 Å². The fourth-order valence-corrected chi connectivity index (χ4v) is 5.44. The second kappa shape index (κ2) is 8.08. The number of aryl methyl sites for hydroxylation is 1. The molecule has 4 aromatic rings. The van der Waals surface area contributed by atoms with Gasteiger partial charge in [-0.15, -0.1) is 11.3 Å². The number of hydrogen-bond acceptors (Lipinski definition) is 5. The van der Waals surface area contributed by atoms with Crippen LogP contribution in [0.15, 0.2) is 76.0 Å². The molecule has 5 rings (SSSR count). The van der Waals surface area contributed by atoms with Crippen LogP contribution in [0, 0.1) is 0 Å². The molecule has 150 valence electrons. The number of fused-ring (bicyclic) bond motifs is 2. The summed E-state index contributed by atoms with van der Waals surface area (Å²) >= 11 is 2.71. The minimum atomic E-state index is -0.0977. The van der Waals surface area contributed by atoms with Crippen molar-refractivity contribution in [1.82, 2.24) is 9.55 Å². The highest BCUT2D eigenvalue weighted by molar-refractivity contribution is 7.99. The smallest absolute Gasteiger partial charge is 0.276 e. The third-order valence-corrected chi connectivity index (χ3v) is 7.01. The molecule has 0 bridgehead atoms. The Morgan fingerprint density at radius 3 is 2.73 bits per heavy atom. The number of thiophene rings is 1. The predicted octanol–water partition coefficient (Wildman–Crippen LogP) is 4.52. The summed E-state index contributed by atoms with van der Waals surface area (Å²) in [5, 5.41) is 2.41. The molecule has 5 nitrogen and oxygen atoms in total. The molecule has 1 aliphatic rings. The molecule has 0 atom stereocenters. The highest BCUT2D eigenvalue weighted by Crippen LogP contribution is 2.29. The number of benzene rings is 2. The molecule has 0 fully saturated rings. The van der Waals surface area contributed by atoms with Crippen LogP contribution in [0.2, 0.25) is 0 Å². The molecule has 2 aromatic heterocycles. The van der Waals surface area contributed by atoms with Gasteiger partial charge in [-0.1, -0.05) is 48.2 Å². The summed E-state index contributed by atoms with van der Waals surface area (Å²) < 4.78 is 2.24. The van der Waals surface area contributed by atoms with E-state index in [0.29, 0.717) is 15.4 Å². The Kier molecular flexibility index (Phi) is 5.14. The minimum Gasteiger partial charge on any atom is -0.311 e. The van der Waals surface area contributed by atoms with E-state index in [2.05, 4.69) is 6.07 Å². The van der Waals surface area contributed by atoms with E-state index in [1.807, 2.05) is 64.9 Å². The Labute approximate surface area is 182 Å². The van der Waals surface area contributed by atoms with Crippen LogP contribution in [0.1, 0.15) is 12.0 Å². The molecular weight excluding hydrogens is 414 g/mol. The summed E-state index contributed by atoms with van der Waals surface area (Å²) in [6, 6.07) is 19.4. The SMILES string of the molecule is O=C(CSc1nc2ccsc2c(=O)n1-c1ccccc1)N1CCCc2ccccc21. The number of thioether (sulfide) groups is 1. The van der Waals surface area contributed by atoms with Gasteiger partial charge in [0.1, 0.15) is 4.70 Å². The maximum absolute atomic E-state index is 13.1. The molecule has 30 heavy (non-hydrogen) atoms. The van der Waals surface area contributed by atoms with E-state index in [0.717, 1.165) is 30.8 Å². The van der Waals surface area contributed by atoms with Crippen molar-refractivity contribution in [3.05, 3.63) is 82.0 Å². The Morgan fingerprint density at radius 1 is 1.07 bits per heavy atom. The molecule has 0 saturated heterocycles. The van der Waals surface area contributed by atoms with Gasteiger partial charge in [0, 0.05) is 12.2 Å². The summed E-state index contributed by atoms with van der Waals surface area (Å²) in [6.45, 7) is 0.721. The van der Waals surface area contributed by atoms with Gasteiger partial charge in [0.05, 0.1) is 17.0 Å². The number of para-hydroxylation sites is 2. The average Bonchev–Trinajstić information content (AvgIpc) is 3.27. The monoisotopic (exact) mass is 433 g/mol. The molecule has 0 unspecified atom stereocenters. The van der Waals surface area contributed by atoms with Gasteiger partial charge < -0.3 is 4.90 Å². The Morgan fingerprint density at radius 2 is 1.87 bits per heavy atom. The van der Waals surface area contributed by atoms with Crippen LogP contribution in [-0.2, 0) is 11.2 Å². The van der Waals surface area contributed by atoms with Crippen LogP contribution in [0.25, 0.3) is 15.9 Å². The second-order valence-electron chi connectivity index (χ2n) is 7.07. The van der Waals surface area contributed by atoms with E-state index >= 15 is 0 Å². The highest BCUT2D eigenvalue weighted by Gasteiger charge is 2.23. The standard InChI is InChI=1S/C23H19N3O2S2/c27-20(25-13-6-8-16-7-4-5-11-19(16)25)15-30-23-24-18-12-14-29-21(18)22(28)26(23)17-9-2-1-3-10-17/h1-5,7,9-12,14H,6,8,13,15H2. The quantitative estimate of drug-likeness (QED) is 0.351. The Balaban J connectivity index is 1.48. The van der Waals surface area contributed by atoms with E-state index in [1.54, 1.807) is 4.57 Å². The van der Waals surface area contributed by atoms with Crippen molar-refractivity contribution in [3.63, 3.8) is 0 Å². The third-order valence-electron chi connectivity index (χ3n) is 5.20. The molecular formula is C23H19N3O2S2. The Bertz CT molecular complexity index is 1280. The number of nitrogens with zero attached hydrogens (tertiary/aromatic N) is 3. The van der Waals surface area contributed by atoms with E-state index < -0.39 is 0 Å². The van der Waals surface area contributed by atoms with E-state index in [-0.39, 0.29) is 17.2 Å². The lowest BCUT2D eigenvalue weighted by molar-refractivity contribution is -0.116. The zero-order chi connectivity index (χ0) is 20.5. The van der Waals surface area contributed by atoms with Crippen LogP contribution in [0.3, 0.4) is 0 Å². The average molecular weight is 434 g/mol. The van der Waals surface area contributed by atoms with Gasteiger partial charge in [0.2, 0.25) is 5.91 Å². The van der Waals surface area contributed by atoms with Crippen LogP contribution in [-0.4, -0.2) is 27.8 Å². The van der Waals surface area contributed by atoms with Gasteiger partial charge in [-0.25, -0.2) is 4.98 Å². The summed E-state index contributed by atoms with van der Waals surface area (Å²) in [6.07, 6.45) is 1.96. The third kappa shape index (κ3) is 3.44. The molecule has 3 heterocycles. The van der Waals surface area contributed by atoms with Crippen molar-refractivity contribution in [2.45, 2.75) is 18.0 Å². The second-order valence-corrected chi connectivity index (χ2v) is 8.93. The summed E-state index contributed by atoms with van der Waals surface area (Å²) in [7, 11) is 0. The molecule has 2 aromatic carbocycles. The summed E-state index contributed by atoms with van der Waals surface area (Å²) in [5.74, 6) is 0.259. The van der Waals surface area contributed by atoms with Crippen LogP contribution in [0.5, 0.6) is 0 Å². The van der Waals surface area contributed by atoms with Crippen LogP contribution in [0.4, 0.5) is 5.69 Å². The minimum absolute atomic E-state index is 0.0337. The molecule has 1 amide bonds. The number of carbonyl (C=O) groups is 1. The van der Waals surface area contributed by atoms with Crippen molar-refractivity contribution in [3.8, 4) is 5.69 Å². The molecule has 1 aliphatic heterocycles. The van der Waals surface area contributed by atoms with Crippen molar-refractivity contribution in [2.75, 3.05) is 17.2 Å². The number of anilines is 1. The predicted molar refractivity (Wildman–Crippen MR) is 123 cm³/mol. The normalized spacial score (nSPS) is 13.4.